The van der Waals surface area contributed by atoms with Crippen LogP contribution in [0.15, 0.2) is 30.3 Å². The van der Waals surface area contributed by atoms with Crippen molar-refractivity contribution >= 4 is 20.0 Å². The minimum atomic E-state index is -4.72. The zero-order valence-corrected chi connectivity index (χ0v) is 16.0. The molecular weight excluding hydrogens is 375 g/mol. The molecule has 9 heteroatoms. The molecule has 0 radical (unpaired) electrons. The maximum atomic E-state index is 11.1. The monoisotopic (exact) mass is 396 g/mol. The van der Waals surface area contributed by atoms with Crippen LogP contribution in [-0.2, 0) is 11.2 Å². The highest BCUT2D eigenvalue weighted by molar-refractivity contribution is 7.46. The Morgan fingerprint density at radius 3 is 2.07 bits per heavy atom. The summed E-state index contributed by atoms with van der Waals surface area (Å²) >= 11 is 0. The molecule has 0 unspecified atom stereocenters. The lowest BCUT2D eigenvalue weighted by Crippen LogP contribution is -1.97. The lowest BCUT2D eigenvalue weighted by atomic mass is 10.1. The topological polar surface area (TPSA) is 115 Å². The second-order valence-corrected chi connectivity index (χ2v) is 6.56. The molecular formula is C18H21O8P. The average molecular weight is 396 g/mol. The van der Waals surface area contributed by atoms with Crippen LogP contribution in [0.1, 0.15) is 16.7 Å². The fourth-order valence-corrected chi connectivity index (χ4v) is 2.87. The maximum Gasteiger partial charge on any atom is 0.524 e. The van der Waals surface area contributed by atoms with E-state index in [1.807, 2.05) is 0 Å². The fraction of sp³-hybridized carbons (Fsp3) is 0.222. The standard InChI is InChI=1S/C18H21O8P/c1-23-15-7-6-12(9-16(15)26-27(20,21)22)4-5-13-8-14(11-19)18(25-3)17(10-13)24-2/h4-10,19H,11H2,1-3H3,(H2,20,21,22)/b5-4-. The van der Waals surface area contributed by atoms with Gasteiger partial charge in [-0.05, 0) is 35.4 Å². The van der Waals surface area contributed by atoms with Gasteiger partial charge in [0, 0.05) is 5.56 Å². The van der Waals surface area contributed by atoms with Gasteiger partial charge in [0.15, 0.2) is 23.0 Å². The van der Waals surface area contributed by atoms with Crippen LogP contribution in [0.3, 0.4) is 0 Å². The van der Waals surface area contributed by atoms with Gasteiger partial charge in [-0.2, -0.15) is 0 Å². The normalized spacial score (nSPS) is 11.5. The molecule has 0 bridgehead atoms. The smallest absolute Gasteiger partial charge is 0.493 e. The van der Waals surface area contributed by atoms with Crippen molar-refractivity contribution in [3.05, 3.63) is 47.0 Å². The number of aliphatic hydroxyl groups excluding tert-OH is 1. The van der Waals surface area contributed by atoms with Crippen molar-refractivity contribution < 1.29 is 38.2 Å². The summed E-state index contributed by atoms with van der Waals surface area (Å²) < 4.78 is 31.3. The number of hydrogen-bond acceptors (Lipinski definition) is 6. The number of phosphoric ester groups is 1. The van der Waals surface area contributed by atoms with Crippen molar-refractivity contribution in [2.75, 3.05) is 21.3 Å². The first-order chi connectivity index (χ1) is 12.8. The van der Waals surface area contributed by atoms with Crippen LogP contribution < -0.4 is 18.7 Å². The van der Waals surface area contributed by atoms with Gasteiger partial charge in [-0.25, -0.2) is 4.57 Å². The van der Waals surface area contributed by atoms with E-state index in [1.165, 1.54) is 27.4 Å². The molecule has 0 atom stereocenters. The first-order valence-electron chi connectivity index (χ1n) is 7.78. The summed E-state index contributed by atoms with van der Waals surface area (Å²) in [5.74, 6) is 1.06. The van der Waals surface area contributed by atoms with Crippen LogP contribution in [0.4, 0.5) is 0 Å². The van der Waals surface area contributed by atoms with Crippen molar-refractivity contribution in [2.24, 2.45) is 0 Å². The van der Waals surface area contributed by atoms with Gasteiger partial charge in [-0.1, -0.05) is 18.2 Å². The molecule has 0 heterocycles. The predicted molar refractivity (Wildman–Crippen MR) is 100 cm³/mol. The Morgan fingerprint density at radius 2 is 1.52 bits per heavy atom. The van der Waals surface area contributed by atoms with Crippen molar-refractivity contribution in [1.29, 1.82) is 0 Å². The fourth-order valence-electron chi connectivity index (χ4n) is 2.47. The quantitative estimate of drug-likeness (QED) is 0.461. The van der Waals surface area contributed by atoms with Gasteiger partial charge in [0.05, 0.1) is 27.9 Å². The second kappa shape index (κ2) is 8.92. The van der Waals surface area contributed by atoms with Gasteiger partial charge in [0.1, 0.15) is 0 Å². The van der Waals surface area contributed by atoms with Gasteiger partial charge in [0.25, 0.3) is 0 Å². The Labute approximate surface area is 156 Å². The van der Waals surface area contributed by atoms with Gasteiger partial charge in [-0.3, -0.25) is 9.79 Å². The third-order valence-corrected chi connectivity index (χ3v) is 4.06. The molecule has 0 amide bonds. The summed E-state index contributed by atoms with van der Waals surface area (Å²) in [7, 11) is -0.351. The number of aliphatic hydroxyl groups is 1. The molecule has 2 aromatic rings. The molecule has 0 saturated carbocycles. The summed E-state index contributed by atoms with van der Waals surface area (Å²) in [6.07, 6.45) is 3.47. The van der Waals surface area contributed by atoms with Gasteiger partial charge < -0.3 is 23.8 Å². The Balaban J connectivity index is 2.37. The Kier molecular flexibility index (Phi) is 6.87. The average Bonchev–Trinajstić information content (AvgIpc) is 2.64. The zero-order valence-electron chi connectivity index (χ0n) is 15.1. The van der Waals surface area contributed by atoms with E-state index in [2.05, 4.69) is 4.52 Å². The van der Waals surface area contributed by atoms with Crippen molar-refractivity contribution in [1.82, 2.24) is 0 Å². The van der Waals surface area contributed by atoms with Crippen molar-refractivity contribution in [3.8, 4) is 23.0 Å². The summed E-state index contributed by atoms with van der Waals surface area (Å²) in [4.78, 5) is 18.0. The first-order valence-corrected chi connectivity index (χ1v) is 9.31. The summed E-state index contributed by atoms with van der Waals surface area (Å²) in [5, 5.41) is 9.52. The van der Waals surface area contributed by atoms with Crippen molar-refractivity contribution in [2.45, 2.75) is 6.61 Å². The molecule has 0 aliphatic carbocycles. The van der Waals surface area contributed by atoms with Crippen LogP contribution >= 0.6 is 7.82 Å². The number of phosphoric acid groups is 1. The Morgan fingerprint density at radius 1 is 0.889 bits per heavy atom. The highest BCUT2D eigenvalue weighted by Gasteiger charge is 2.19. The molecule has 2 rings (SSSR count). The zero-order chi connectivity index (χ0) is 20.0. The van der Waals surface area contributed by atoms with Crippen LogP contribution in [0.5, 0.6) is 23.0 Å². The Hall–Kier alpha value is -2.51. The molecule has 0 aliphatic heterocycles. The lowest BCUT2D eigenvalue weighted by molar-refractivity contribution is 0.270. The summed E-state index contributed by atoms with van der Waals surface area (Å²) in [6.45, 7) is -0.218. The third kappa shape index (κ3) is 5.48. The molecule has 0 fully saturated rings. The minimum absolute atomic E-state index is 0.0728. The molecule has 0 saturated heterocycles. The van der Waals surface area contributed by atoms with Crippen LogP contribution in [0.2, 0.25) is 0 Å². The number of hydrogen-bond donors (Lipinski definition) is 3. The molecule has 2 aromatic carbocycles. The van der Waals surface area contributed by atoms with E-state index in [4.69, 9.17) is 24.0 Å². The van der Waals surface area contributed by atoms with Gasteiger partial charge >= 0.3 is 7.82 Å². The van der Waals surface area contributed by atoms with Gasteiger partial charge in [-0.15, -0.1) is 0 Å². The highest BCUT2D eigenvalue weighted by Crippen LogP contribution is 2.42. The molecule has 146 valence electrons. The highest BCUT2D eigenvalue weighted by atomic mass is 31.2. The van der Waals surface area contributed by atoms with E-state index in [0.29, 0.717) is 22.6 Å². The van der Waals surface area contributed by atoms with E-state index < -0.39 is 7.82 Å². The Bertz CT molecular complexity index is 847. The van der Waals surface area contributed by atoms with E-state index in [1.54, 1.807) is 36.4 Å². The maximum absolute atomic E-state index is 11.1. The molecule has 0 aliphatic rings. The molecule has 3 N–H and O–H groups in total. The number of methoxy groups -OCH3 is 3. The largest absolute Gasteiger partial charge is 0.524 e. The molecule has 0 spiro atoms. The second-order valence-electron chi connectivity index (χ2n) is 5.40. The first kappa shape index (κ1) is 20.8. The summed E-state index contributed by atoms with van der Waals surface area (Å²) in [6, 6.07) is 8.18. The van der Waals surface area contributed by atoms with E-state index in [-0.39, 0.29) is 18.1 Å². The molecule has 27 heavy (non-hydrogen) atoms. The molecule has 0 aromatic heterocycles. The van der Waals surface area contributed by atoms with E-state index in [9.17, 15) is 9.67 Å². The van der Waals surface area contributed by atoms with E-state index >= 15 is 0 Å². The van der Waals surface area contributed by atoms with Crippen LogP contribution in [-0.4, -0.2) is 36.2 Å². The number of rotatable bonds is 8. The third-order valence-electron chi connectivity index (χ3n) is 3.62. The number of ether oxygens (including phenoxy) is 3. The molecule has 8 nitrogen and oxygen atoms in total. The van der Waals surface area contributed by atoms with E-state index in [0.717, 1.165) is 5.56 Å². The van der Waals surface area contributed by atoms with Crippen LogP contribution in [0, 0.1) is 0 Å². The minimum Gasteiger partial charge on any atom is -0.493 e. The predicted octanol–water partition coefficient (Wildman–Crippen LogP) is 2.85. The SMILES string of the molecule is COc1ccc(/C=C\c2cc(CO)c(OC)c(OC)c2)cc1OP(=O)(O)O. The summed E-state index contributed by atoms with van der Waals surface area (Å²) in [5.41, 5.74) is 1.93. The number of benzene rings is 2. The van der Waals surface area contributed by atoms with Crippen molar-refractivity contribution in [3.63, 3.8) is 0 Å². The van der Waals surface area contributed by atoms with Gasteiger partial charge in [0.2, 0.25) is 0 Å². The lowest BCUT2D eigenvalue weighted by Gasteiger charge is -2.13. The van der Waals surface area contributed by atoms with Crippen LogP contribution in [0.25, 0.3) is 12.2 Å².